The number of fused-ring (bicyclic) bond motifs is 3. The molecule has 9 nitrogen and oxygen atoms in total. The molecule has 0 spiro atoms. The number of amides is 1. The van der Waals surface area contributed by atoms with Crippen LogP contribution in [0.2, 0.25) is 0 Å². The molecule has 1 aliphatic rings. The van der Waals surface area contributed by atoms with Gasteiger partial charge < -0.3 is 10.1 Å². The van der Waals surface area contributed by atoms with Crippen LogP contribution in [0.15, 0.2) is 46.2 Å². The zero-order valence-electron chi connectivity index (χ0n) is 18.8. The smallest absolute Gasteiger partial charge is 0.406 e. The monoisotopic (exact) mass is 495 g/mol. The van der Waals surface area contributed by atoms with Gasteiger partial charge in [0.15, 0.2) is 0 Å². The summed E-state index contributed by atoms with van der Waals surface area (Å²) in [5.41, 5.74) is 2.86. The Morgan fingerprint density at radius 1 is 0.848 bits per heavy atom. The summed E-state index contributed by atoms with van der Waals surface area (Å²) in [5.74, 6) is -0.519. The van der Waals surface area contributed by atoms with E-state index in [4.69, 9.17) is 4.74 Å². The van der Waals surface area contributed by atoms with Gasteiger partial charge in [0.1, 0.15) is 6.61 Å². The molecule has 1 aliphatic carbocycles. The van der Waals surface area contributed by atoms with Crippen molar-refractivity contribution in [1.82, 2.24) is 14.8 Å². The molecular weight excluding hydrogens is 466 g/mol. The number of benzene rings is 2. The van der Waals surface area contributed by atoms with Crippen molar-refractivity contribution in [3.05, 3.63) is 47.5 Å². The number of hydrogen-bond donors (Lipinski definition) is 3. The summed E-state index contributed by atoms with van der Waals surface area (Å²) in [5, 5.41) is 2.38. The molecule has 0 saturated carbocycles. The van der Waals surface area contributed by atoms with Gasteiger partial charge in [-0.1, -0.05) is 26.0 Å². The topological polar surface area (TPSA) is 131 Å². The summed E-state index contributed by atoms with van der Waals surface area (Å²) in [6.07, 6.45) is 0.676. The first-order chi connectivity index (χ1) is 15.6. The minimum absolute atomic E-state index is 0.0720. The second-order valence-electron chi connectivity index (χ2n) is 7.69. The Morgan fingerprint density at radius 2 is 1.30 bits per heavy atom. The molecule has 11 heteroatoms. The fraction of sp³-hybridized carbons (Fsp3) is 0.409. The molecule has 33 heavy (non-hydrogen) atoms. The second kappa shape index (κ2) is 10.2. The molecule has 0 radical (unpaired) electrons. The Morgan fingerprint density at radius 3 is 1.70 bits per heavy atom. The van der Waals surface area contributed by atoms with Gasteiger partial charge in [-0.15, -0.1) is 0 Å². The van der Waals surface area contributed by atoms with E-state index in [2.05, 4.69) is 14.8 Å². The van der Waals surface area contributed by atoms with E-state index in [-0.39, 0.29) is 16.4 Å². The summed E-state index contributed by atoms with van der Waals surface area (Å²) < 4.78 is 61.1. The Balaban J connectivity index is 2.08. The van der Waals surface area contributed by atoms with Gasteiger partial charge in [-0.05, 0) is 59.4 Å². The molecule has 2 aromatic carbocycles. The molecule has 2 aromatic rings. The van der Waals surface area contributed by atoms with Crippen molar-refractivity contribution in [2.75, 3.05) is 26.7 Å². The zero-order valence-corrected chi connectivity index (χ0v) is 20.5. The third kappa shape index (κ3) is 5.37. The largest absolute Gasteiger partial charge is 0.449 e. The van der Waals surface area contributed by atoms with Gasteiger partial charge in [0.25, 0.3) is 0 Å². The van der Waals surface area contributed by atoms with Crippen LogP contribution in [0.3, 0.4) is 0 Å². The molecule has 1 amide bonds. The van der Waals surface area contributed by atoms with Crippen LogP contribution in [0, 0.1) is 0 Å². The Labute approximate surface area is 195 Å². The standard InChI is InChI=1S/C22H29N3O6S2/c1-4-10-24-32(27,28)15-6-8-17-18-9-7-16(33(29,30)25-11-5-2)13-20(18)21(19(17)12-15)14-31-22(26)23-3/h6-9,12-13,21,24-25H,4-5,10-11,14H2,1-3H3,(H,23,26). The minimum Gasteiger partial charge on any atom is -0.449 e. The highest BCUT2D eigenvalue weighted by atomic mass is 32.2. The normalized spacial score (nSPS) is 13.4. The summed E-state index contributed by atoms with van der Waals surface area (Å²) in [7, 11) is -5.98. The van der Waals surface area contributed by atoms with Crippen molar-refractivity contribution in [2.24, 2.45) is 0 Å². The molecule has 0 unspecified atom stereocenters. The van der Waals surface area contributed by atoms with Gasteiger partial charge in [-0.3, -0.25) is 0 Å². The number of hydrogen-bond acceptors (Lipinski definition) is 6. The van der Waals surface area contributed by atoms with Crippen LogP contribution in [0.1, 0.15) is 43.7 Å². The number of ether oxygens (including phenoxy) is 1. The summed E-state index contributed by atoms with van der Waals surface area (Å²) in [4.78, 5) is 11.9. The van der Waals surface area contributed by atoms with E-state index in [1.165, 1.54) is 19.2 Å². The minimum atomic E-state index is -3.71. The number of carbonyl (C=O) groups excluding carboxylic acids is 1. The lowest BCUT2D eigenvalue weighted by Gasteiger charge is -2.16. The van der Waals surface area contributed by atoms with Gasteiger partial charge in [-0.2, -0.15) is 0 Å². The van der Waals surface area contributed by atoms with Crippen LogP contribution in [0.4, 0.5) is 4.79 Å². The molecule has 0 aromatic heterocycles. The van der Waals surface area contributed by atoms with Crippen molar-refractivity contribution < 1.29 is 26.4 Å². The molecule has 3 N–H and O–H groups in total. The summed E-state index contributed by atoms with van der Waals surface area (Å²) >= 11 is 0. The number of sulfonamides is 2. The van der Waals surface area contributed by atoms with E-state index < -0.39 is 32.1 Å². The highest BCUT2D eigenvalue weighted by Crippen LogP contribution is 2.46. The average molecular weight is 496 g/mol. The van der Waals surface area contributed by atoms with Crippen LogP contribution in [-0.2, 0) is 24.8 Å². The third-order valence-corrected chi connectivity index (χ3v) is 8.29. The van der Waals surface area contributed by atoms with Gasteiger partial charge in [-0.25, -0.2) is 31.1 Å². The lowest BCUT2D eigenvalue weighted by molar-refractivity contribution is 0.145. The van der Waals surface area contributed by atoms with Crippen molar-refractivity contribution in [3.63, 3.8) is 0 Å². The molecule has 0 heterocycles. The zero-order chi connectivity index (χ0) is 24.2. The SMILES string of the molecule is CCCNS(=O)(=O)c1ccc2c(c1)C(COC(=O)NC)c1cc(S(=O)(=O)NCCC)ccc1-2. The summed E-state index contributed by atoms with van der Waals surface area (Å²) in [6, 6.07) is 9.59. The average Bonchev–Trinajstić information content (AvgIpc) is 3.12. The van der Waals surface area contributed by atoms with Gasteiger partial charge >= 0.3 is 6.09 Å². The van der Waals surface area contributed by atoms with Crippen molar-refractivity contribution in [3.8, 4) is 11.1 Å². The number of alkyl carbamates (subject to hydrolysis) is 1. The second-order valence-corrected chi connectivity index (χ2v) is 11.2. The van der Waals surface area contributed by atoms with Crippen LogP contribution in [0.25, 0.3) is 11.1 Å². The maximum absolute atomic E-state index is 12.7. The maximum Gasteiger partial charge on any atom is 0.406 e. The molecule has 0 bridgehead atoms. The van der Waals surface area contributed by atoms with Crippen molar-refractivity contribution in [2.45, 2.75) is 42.4 Å². The Hall–Kier alpha value is -2.47. The number of rotatable bonds is 10. The number of nitrogens with one attached hydrogen (secondary N) is 3. The molecule has 0 saturated heterocycles. The first-order valence-corrected chi connectivity index (χ1v) is 13.7. The lowest BCUT2D eigenvalue weighted by atomic mass is 9.98. The first kappa shape index (κ1) is 25.2. The van der Waals surface area contributed by atoms with E-state index in [9.17, 15) is 21.6 Å². The fourth-order valence-electron chi connectivity index (χ4n) is 3.70. The van der Waals surface area contributed by atoms with Crippen LogP contribution in [0.5, 0.6) is 0 Å². The molecular formula is C22H29N3O6S2. The van der Waals surface area contributed by atoms with Crippen LogP contribution < -0.4 is 14.8 Å². The lowest BCUT2D eigenvalue weighted by Crippen LogP contribution is -2.25. The predicted molar refractivity (Wildman–Crippen MR) is 125 cm³/mol. The molecule has 180 valence electrons. The Kier molecular flexibility index (Phi) is 7.78. The highest BCUT2D eigenvalue weighted by Gasteiger charge is 2.32. The molecule has 0 aliphatic heterocycles. The van der Waals surface area contributed by atoms with E-state index >= 15 is 0 Å². The third-order valence-electron chi connectivity index (χ3n) is 5.38. The van der Waals surface area contributed by atoms with Crippen LogP contribution >= 0.6 is 0 Å². The molecule has 0 fully saturated rings. The Bertz CT molecular complexity index is 1160. The molecule has 0 atom stereocenters. The van der Waals surface area contributed by atoms with Crippen molar-refractivity contribution in [1.29, 1.82) is 0 Å². The maximum atomic E-state index is 12.7. The van der Waals surface area contributed by atoms with Gasteiger partial charge in [0.05, 0.1) is 9.79 Å². The van der Waals surface area contributed by atoms with E-state index in [0.29, 0.717) is 37.1 Å². The van der Waals surface area contributed by atoms with E-state index in [1.54, 1.807) is 24.3 Å². The first-order valence-electron chi connectivity index (χ1n) is 10.8. The summed E-state index contributed by atoms with van der Waals surface area (Å²) in [6.45, 7) is 4.30. The number of carbonyl (C=O) groups is 1. The van der Waals surface area contributed by atoms with E-state index in [1.807, 2.05) is 13.8 Å². The fourth-order valence-corrected chi connectivity index (χ4v) is 6.04. The van der Waals surface area contributed by atoms with Gasteiger partial charge in [0.2, 0.25) is 20.0 Å². The molecule has 3 rings (SSSR count). The highest BCUT2D eigenvalue weighted by molar-refractivity contribution is 7.89. The van der Waals surface area contributed by atoms with Crippen LogP contribution in [-0.4, -0.2) is 49.7 Å². The quantitative estimate of drug-likeness (QED) is 0.464. The van der Waals surface area contributed by atoms with Crippen molar-refractivity contribution >= 4 is 26.1 Å². The van der Waals surface area contributed by atoms with E-state index in [0.717, 1.165) is 11.1 Å². The van der Waals surface area contributed by atoms with Gasteiger partial charge in [0, 0.05) is 26.1 Å². The predicted octanol–water partition coefficient (Wildman–Crippen LogP) is 2.53.